The van der Waals surface area contributed by atoms with E-state index in [2.05, 4.69) is 27.2 Å². The zero-order chi connectivity index (χ0) is 26.1. The molecule has 0 fully saturated rings. The minimum absolute atomic E-state index is 0.151. The minimum Gasteiger partial charge on any atom is -0.356 e. The van der Waals surface area contributed by atoms with Crippen LogP contribution < -0.4 is 10.6 Å². The topological polar surface area (TPSA) is 90.1 Å². The van der Waals surface area contributed by atoms with E-state index in [4.69, 9.17) is 0 Å². The third-order valence-corrected chi connectivity index (χ3v) is 6.23. The van der Waals surface area contributed by atoms with Crippen molar-refractivity contribution in [2.45, 2.75) is 6.42 Å². The summed E-state index contributed by atoms with van der Waals surface area (Å²) in [5, 5.41) is 5.80. The van der Waals surface area contributed by atoms with Crippen LogP contribution in [0.4, 0.5) is 26.0 Å². The average Bonchev–Trinajstić information content (AvgIpc) is 3.26. The van der Waals surface area contributed by atoms with Crippen LogP contribution in [0, 0.1) is 11.6 Å². The molecule has 0 atom stereocenters. The number of H-pyrrole nitrogens is 1. The van der Waals surface area contributed by atoms with Crippen LogP contribution in [0.15, 0.2) is 73.4 Å². The van der Waals surface area contributed by atoms with E-state index in [1.165, 1.54) is 36.5 Å². The lowest BCUT2D eigenvalue weighted by atomic mass is 10.0. The lowest BCUT2D eigenvalue weighted by molar-refractivity contribution is -0.111. The van der Waals surface area contributed by atoms with Crippen LogP contribution in [0.2, 0.25) is 0 Å². The fourth-order valence-electron chi connectivity index (χ4n) is 4.21. The maximum absolute atomic E-state index is 14.5. The molecule has 5 rings (SSSR count). The number of carbonyl (C=O) groups is 2. The summed E-state index contributed by atoms with van der Waals surface area (Å²) in [6.07, 6.45) is 2.13. The third kappa shape index (κ3) is 4.71. The number of para-hydroxylation sites is 1. The van der Waals surface area contributed by atoms with Crippen molar-refractivity contribution in [2.75, 3.05) is 24.2 Å². The van der Waals surface area contributed by atoms with Gasteiger partial charge >= 0.3 is 0 Å². The van der Waals surface area contributed by atoms with Gasteiger partial charge in [-0.05, 0) is 42.0 Å². The Morgan fingerprint density at radius 1 is 1.11 bits per heavy atom. The Balaban J connectivity index is 1.50. The second-order valence-corrected chi connectivity index (χ2v) is 8.68. The Morgan fingerprint density at radius 2 is 1.86 bits per heavy atom. The van der Waals surface area contributed by atoms with Gasteiger partial charge in [0.15, 0.2) is 0 Å². The highest BCUT2D eigenvalue weighted by atomic mass is 19.1. The molecular weight excluding hydrogens is 476 g/mol. The number of aromatic nitrogens is 2. The van der Waals surface area contributed by atoms with Crippen molar-refractivity contribution in [3.63, 3.8) is 0 Å². The molecule has 3 heterocycles. The Kier molecular flexibility index (Phi) is 6.27. The molecule has 0 unspecified atom stereocenters. The number of amides is 2. The highest BCUT2D eigenvalue weighted by molar-refractivity contribution is 6.24. The molecule has 0 bridgehead atoms. The molecule has 2 amide bonds. The first-order chi connectivity index (χ1) is 17.8. The van der Waals surface area contributed by atoms with Gasteiger partial charge in [-0.25, -0.2) is 13.8 Å². The molecule has 1 aliphatic rings. The molecule has 0 spiro atoms. The average molecular weight is 500 g/mol. The second-order valence-electron chi connectivity index (χ2n) is 8.68. The summed E-state index contributed by atoms with van der Waals surface area (Å²) in [4.78, 5) is 35.0. The smallest absolute Gasteiger partial charge is 0.257 e. The van der Waals surface area contributed by atoms with Crippen molar-refractivity contribution in [1.82, 2.24) is 14.9 Å². The van der Waals surface area contributed by atoms with Crippen molar-refractivity contribution in [1.29, 1.82) is 0 Å². The number of hydrogen-bond donors (Lipinski definition) is 3. The molecule has 9 heteroatoms. The summed E-state index contributed by atoms with van der Waals surface area (Å²) < 4.78 is 27.7. The van der Waals surface area contributed by atoms with Crippen LogP contribution in [0.25, 0.3) is 16.8 Å². The van der Waals surface area contributed by atoms with E-state index in [1.54, 1.807) is 42.3 Å². The van der Waals surface area contributed by atoms with E-state index in [0.717, 1.165) is 5.69 Å². The largest absolute Gasteiger partial charge is 0.356 e. The highest BCUT2D eigenvalue weighted by Crippen LogP contribution is 2.38. The number of aromatic amines is 1. The monoisotopic (exact) mass is 499 g/mol. The van der Waals surface area contributed by atoms with E-state index < -0.39 is 17.5 Å². The molecule has 3 N–H and O–H groups in total. The van der Waals surface area contributed by atoms with Crippen LogP contribution >= 0.6 is 0 Å². The van der Waals surface area contributed by atoms with Gasteiger partial charge in [0.2, 0.25) is 0 Å². The van der Waals surface area contributed by atoms with Crippen molar-refractivity contribution in [3.8, 4) is 11.3 Å². The van der Waals surface area contributed by atoms with Crippen LogP contribution in [-0.4, -0.2) is 40.3 Å². The number of fused-ring (bicyclic) bond motifs is 1. The van der Waals surface area contributed by atoms with E-state index in [0.29, 0.717) is 41.0 Å². The van der Waals surface area contributed by atoms with E-state index in [9.17, 15) is 18.4 Å². The van der Waals surface area contributed by atoms with Crippen LogP contribution in [-0.2, 0) is 11.2 Å². The van der Waals surface area contributed by atoms with E-state index >= 15 is 0 Å². The van der Waals surface area contributed by atoms with Crippen molar-refractivity contribution in [2.24, 2.45) is 0 Å². The molecule has 2 aromatic heterocycles. The van der Waals surface area contributed by atoms with Gasteiger partial charge in [-0.2, -0.15) is 0 Å². The summed E-state index contributed by atoms with van der Waals surface area (Å²) >= 11 is 0. The molecule has 0 aliphatic carbocycles. The van der Waals surface area contributed by atoms with Crippen LogP contribution in [0.5, 0.6) is 0 Å². The Hall–Kier alpha value is -4.79. The fourth-order valence-corrected chi connectivity index (χ4v) is 4.21. The zero-order valence-electron chi connectivity index (χ0n) is 19.9. The number of hydrogen-bond acceptors (Lipinski definition) is 4. The van der Waals surface area contributed by atoms with Crippen molar-refractivity contribution < 1.29 is 18.4 Å². The maximum Gasteiger partial charge on any atom is 0.257 e. The van der Waals surface area contributed by atoms with Gasteiger partial charge in [0.05, 0.1) is 22.6 Å². The predicted molar refractivity (Wildman–Crippen MR) is 138 cm³/mol. The molecule has 0 saturated carbocycles. The van der Waals surface area contributed by atoms with Gasteiger partial charge in [0.1, 0.15) is 17.5 Å². The molecule has 37 heavy (non-hydrogen) atoms. The zero-order valence-corrected chi connectivity index (χ0v) is 19.9. The number of halogens is 2. The highest BCUT2D eigenvalue weighted by Gasteiger charge is 2.30. The first-order valence-corrected chi connectivity index (χ1v) is 11.6. The predicted octanol–water partition coefficient (Wildman–Crippen LogP) is 5.38. The summed E-state index contributed by atoms with van der Waals surface area (Å²) in [5.41, 5.74) is 3.67. The number of carbonyl (C=O) groups excluding carboxylic acids is 2. The SMILES string of the molecule is C=C(C(=O)Nc1cc(-c2[nH]c3c(c2Nc2ccccc2F)C(=O)N(C)CC3)ccn1)c1ccc(F)cc1. The van der Waals surface area contributed by atoms with E-state index in [1.807, 2.05) is 0 Å². The van der Waals surface area contributed by atoms with Crippen LogP contribution in [0.3, 0.4) is 0 Å². The number of pyridine rings is 1. The molecule has 2 aromatic carbocycles. The van der Waals surface area contributed by atoms with Gasteiger partial charge in [0, 0.05) is 43.0 Å². The summed E-state index contributed by atoms with van der Waals surface area (Å²) in [5.74, 6) is -1.30. The van der Waals surface area contributed by atoms with Crippen LogP contribution in [0.1, 0.15) is 21.6 Å². The number of likely N-dealkylation sites (N-methyl/N-ethyl adjacent to an activating group) is 1. The standard InChI is InChI=1S/C28H23F2N5O2/c1-16(17-7-9-19(29)10-8-17)27(36)34-23-15-18(11-13-31-23)25-26(32-21-6-4-3-5-20(21)30)24-22(33-25)12-14-35(2)28(24)37/h3-11,13,15,32-33H,1,12,14H2,2H3,(H,31,34,36). The molecule has 4 aromatic rings. The van der Waals surface area contributed by atoms with Gasteiger partial charge < -0.3 is 20.5 Å². The second kappa shape index (κ2) is 9.69. The van der Waals surface area contributed by atoms with Gasteiger partial charge in [-0.1, -0.05) is 30.8 Å². The summed E-state index contributed by atoms with van der Waals surface area (Å²) in [7, 11) is 1.72. The molecule has 0 radical (unpaired) electrons. The van der Waals surface area contributed by atoms with Crippen molar-refractivity contribution in [3.05, 3.63) is 102 Å². The lowest BCUT2D eigenvalue weighted by Crippen LogP contribution is -2.34. The van der Waals surface area contributed by atoms with Gasteiger partial charge in [-0.3, -0.25) is 9.59 Å². The fraction of sp³-hybridized carbons (Fsp3) is 0.107. The first-order valence-electron chi connectivity index (χ1n) is 11.6. The number of rotatable bonds is 6. The Bertz CT molecular complexity index is 1530. The molecule has 1 aliphatic heterocycles. The summed E-state index contributed by atoms with van der Waals surface area (Å²) in [6.45, 7) is 4.35. The van der Waals surface area contributed by atoms with Crippen molar-refractivity contribution >= 4 is 34.6 Å². The number of nitrogens with one attached hydrogen (secondary N) is 3. The molecular formula is C28H23F2N5O2. The number of benzene rings is 2. The summed E-state index contributed by atoms with van der Waals surface area (Å²) in [6, 6.07) is 15.0. The number of anilines is 3. The normalized spacial score (nSPS) is 12.7. The Labute approximate surface area is 211 Å². The molecule has 186 valence electrons. The molecule has 0 saturated heterocycles. The van der Waals surface area contributed by atoms with E-state index in [-0.39, 0.29) is 23.0 Å². The third-order valence-electron chi connectivity index (χ3n) is 6.23. The minimum atomic E-state index is -0.497. The quantitative estimate of drug-likeness (QED) is 0.311. The van der Waals surface area contributed by atoms with Gasteiger partial charge in [0.25, 0.3) is 11.8 Å². The lowest BCUT2D eigenvalue weighted by Gasteiger charge is -2.23. The Morgan fingerprint density at radius 3 is 2.62 bits per heavy atom. The number of nitrogens with zero attached hydrogens (tertiary/aromatic N) is 2. The first kappa shape index (κ1) is 23.9. The van der Waals surface area contributed by atoms with Gasteiger partial charge in [-0.15, -0.1) is 0 Å². The molecule has 7 nitrogen and oxygen atoms in total. The maximum atomic E-state index is 14.5.